The molecule has 0 rings (SSSR count). The molecule has 0 aliphatic carbocycles. The van der Waals surface area contributed by atoms with E-state index >= 15 is 0 Å². The van der Waals surface area contributed by atoms with E-state index in [1.807, 2.05) is 34.6 Å². The topological polar surface area (TPSA) is 20.2 Å². The van der Waals surface area contributed by atoms with Gasteiger partial charge in [-0.15, -0.1) is 0 Å². The van der Waals surface area contributed by atoms with Crippen LogP contribution in [-0.2, 0) is 0 Å². The Morgan fingerprint density at radius 1 is 1.00 bits per heavy atom. The number of rotatable bonds is 2. The van der Waals surface area contributed by atoms with Crippen LogP contribution < -0.4 is 0 Å². The maximum absolute atomic E-state index is 9.82. The molecular formula is C11H20O. The Kier molecular flexibility index (Phi) is 3.80. The highest BCUT2D eigenvalue weighted by molar-refractivity contribution is 5.16. The summed E-state index contributed by atoms with van der Waals surface area (Å²) in [4.78, 5) is 0. The fraction of sp³-hybridized carbons (Fsp3) is 0.818. The van der Waals surface area contributed by atoms with Crippen molar-refractivity contribution in [2.75, 3.05) is 0 Å². The van der Waals surface area contributed by atoms with Gasteiger partial charge in [0.05, 0.1) is 0 Å². The Labute approximate surface area is 76.2 Å². The van der Waals surface area contributed by atoms with Gasteiger partial charge in [-0.25, -0.2) is 0 Å². The van der Waals surface area contributed by atoms with Crippen LogP contribution in [0.5, 0.6) is 0 Å². The lowest BCUT2D eigenvalue weighted by atomic mass is 9.93. The van der Waals surface area contributed by atoms with Crippen LogP contribution in [0.2, 0.25) is 0 Å². The second-order valence-electron chi connectivity index (χ2n) is 4.24. The van der Waals surface area contributed by atoms with Gasteiger partial charge in [0.2, 0.25) is 0 Å². The van der Waals surface area contributed by atoms with E-state index in [0.29, 0.717) is 12.8 Å². The molecule has 0 amide bonds. The van der Waals surface area contributed by atoms with Crippen molar-refractivity contribution in [1.29, 1.82) is 0 Å². The smallest absolute Gasteiger partial charge is 0.125 e. The summed E-state index contributed by atoms with van der Waals surface area (Å²) >= 11 is 0. The maximum atomic E-state index is 9.82. The Morgan fingerprint density at radius 2 is 1.42 bits per heavy atom. The van der Waals surface area contributed by atoms with Gasteiger partial charge in [0.15, 0.2) is 0 Å². The van der Waals surface area contributed by atoms with Gasteiger partial charge in [0.25, 0.3) is 0 Å². The second kappa shape index (κ2) is 3.96. The third kappa shape index (κ3) is 4.41. The standard InChI is InChI=1S/C11H20O/c1-6-11(12,7-2)9-8-10(3,4)5/h12H,6-7H2,1-5H3. The SMILES string of the molecule is CCC(O)(C#CC(C)(C)C)CC. The first kappa shape index (κ1) is 11.5. The van der Waals surface area contributed by atoms with Gasteiger partial charge in [-0.2, -0.15) is 0 Å². The minimum absolute atomic E-state index is 0.0156. The van der Waals surface area contributed by atoms with E-state index in [4.69, 9.17) is 0 Å². The maximum Gasteiger partial charge on any atom is 0.125 e. The normalized spacial score (nSPS) is 12.2. The quantitative estimate of drug-likeness (QED) is 0.628. The Balaban J connectivity index is 4.46. The minimum atomic E-state index is -0.771. The lowest BCUT2D eigenvalue weighted by molar-refractivity contribution is 0.0927. The minimum Gasteiger partial charge on any atom is -0.378 e. The number of hydrogen-bond donors (Lipinski definition) is 1. The summed E-state index contributed by atoms with van der Waals surface area (Å²) in [5, 5.41) is 9.82. The predicted octanol–water partition coefficient (Wildman–Crippen LogP) is 2.59. The highest BCUT2D eigenvalue weighted by Crippen LogP contribution is 2.16. The van der Waals surface area contributed by atoms with Gasteiger partial charge in [0, 0.05) is 5.41 Å². The van der Waals surface area contributed by atoms with Gasteiger partial charge < -0.3 is 5.11 Å². The van der Waals surface area contributed by atoms with Crippen molar-refractivity contribution >= 4 is 0 Å². The molecule has 0 aromatic heterocycles. The third-order valence-electron chi connectivity index (χ3n) is 1.84. The molecule has 0 radical (unpaired) electrons. The first-order valence-electron chi connectivity index (χ1n) is 4.59. The van der Waals surface area contributed by atoms with Crippen molar-refractivity contribution in [2.45, 2.75) is 53.1 Å². The lowest BCUT2D eigenvalue weighted by Crippen LogP contribution is -2.24. The average Bonchev–Trinajstić information content (AvgIpc) is 1.99. The summed E-state index contributed by atoms with van der Waals surface area (Å²) in [5.41, 5.74) is -0.786. The zero-order chi connectivity index (χ0) is 9.83. The van der Waals surface area contributed by atoms with Crippen LogP contribution in [0.15, 0.2) is 0 Å². The average molecular weight is 168 g/mol. The monoisotopic (exact) mass is 168 g/mol. The molecule has 0 heterocycles. The fourth-order valence-electron chi connectivity index (χ4n) is 0.731. The molecule has 0 bridgehead atoms. The molecule has 0 saturated carbocycles. The second-order valence-corrected chi connectivity index (χ2v) is 4.24. The Hall–Kier alpha value is -0.480. The van der Waals surface area contributed by atoms with E-state index in [1.165, 1.54) is 0 Å². The van der Waals surface area contributed by atoms with Crippen molar-refractivity contribution < 1.29 is 5.11 Å². The van der Waals surface area contributed by atoms with E-state index in [0.717, 1.165) is 0 Å². The summed E-state index contributed by atoms with van der Waals surface area (Å²) in [6, 6.07) is 0. The predicted molar refractivity (Wildman–Crippen MR) is 52.8 cm³/mol. The van der Waals surface area contributed by atoms with E-state index in [1.54, 1.807) is 0 Å². The summed E-state index contributed by atoms with van der Waals surface area (Å²) in [6.45, 7) is 10.1. The van der Waals surface area contributed by atoms with Crippen molar-refractivity contribution in [1.82, 2.24) is 0 Å². The summed E-state index contributed by atoms with van der Waals surface area (Å²) in [7, 11) is 0. The van der Waals surface area contributed by atoms with Crippen LogP contribution in [-0.4, -0.2) is 10.7 Å². The van der Waals surface area contributed by atoms with Gasteiger partial charge in [-0.05, 0) is 33.6 Å². The molecule has 0 saturated heterocycles. The number of aliphatic hydroxyl groups is 1. The van der Waals surface area contributed by atoms with Crippen molar-refractivity contribution in [3.8, 4) is 11.8 Å². The lowest BCUT2D eigenvalue weighted by Gasteiger charge is -2.18. The van der Waals surface area contributed by atoms with E-state index in [2.05, 4.69) is 11.8 Å². The van der Waals surface area contributed by atoms with Crippen LogP contribution in [0, 0.1) is 17.3 Å². The van der Waals surface area contributed by atoms with Crippen LogP contribution in [0.4, 0.5) is 0 Å². The molecule has 0 atom stereocenters. The fourth-order valence-corrected chi connectivity index (χ4v) is 0.731. The van der Waals surface area contributed by atoms with Crippen LogP contribution in [0.25, 0.3) is 0 Å². The molecule has 1 heteroatoms. The van der Waals surface area contributed by atoms with Crippen molar-refractivity contribution in [2.24, 2.45) is 5.41 Å². The molecule has 0 aliphatic rings. The molecule has 0 aromatic carbocycles. The zero-order valence-corrected chi connectivity index (χ0v) is 8.86. The highest BCUT2D eigenvalue weighted by atomic mass is 16.3. The summed E-state index contributed by atoms with van der Waals surface area (Å²) in [5.74, 6) is 6.01. The van der Waals surface area contributed by atoms with Crippen LogP contribution >= 0.6 is 0 Å². The van der Waals surface area contributed by atoms with Gasteiger partial charge in [-0.3, -0.25) is 0 Å². The number of hydrogen-bond acceptors (Lipinski definition) is 1. The largest absolute Gasteiger partial charge is 0.378 e. The molecular weight excluding hydrogens is 148 g/mol. The Morgan fingerprint density at radius 3 is 1.67 bits per heavy atom. The first-order chi connectivity index (χ1) is 5.33. The van der Waals surface area contributed by atoms with E-state index < -0.39 is 5.60 Å². The van der Waals surface area contributed by atoms with Crippen LogP contribution in [0.1, 0.15) is 47.5 Å². The molecule has 70 valence electrons. The molecule has 1 nitrogen and oxygen atoms in total. The zero-order valence-electron chi connectivity index (χ0n) is 8.86. The molecule has 0 fully saturated rings. The van der Waals surface area contributed by atoms with E-state index in [9.17, 15) is 5.11 Å². The molecule has 12 heavy (non-hydrogen) atoms. The first-order valence-corrected chi connectivity index (χ1v) is 4.59. The Bertz CT molecular complexity index is 183. The van der Waals surface area contributed by atoms with Gasteiger partial charge in [-0.1, -0.05) is 25.7 Å². The summed E-state index contributed by atoms with van der Waals surface area (Å²) in [6.07, 6.45) is 1.40. The van der Waals surface area contributed by atoms with Crippen molar-refractivity contribution in [3.05, 3.63) is 0 Å². The molecule has 1 N–H and O–H groups in total. The van der Waals surface area contributed by atoms with Gasteiger partial charge in [0.1, 0.15) is 5.60 Å². The highest BCUT2D eigenvalue weighted by Gasteiger charge is 2.18. The molecule has 0 aliphatic heterocycles. The van der Waals surface area contributed by atoms with Gasteiger partial charge >= 0.3 is 0 Å². The van der Waals surface area contributed by atoms with Crippen molar-refractivity contribution in [3.63, 3.8) is 0 Å². The van der Waals surface area contributed by atoms with Crippen LogP contribution in [0.3, 0.4) is 0 Å². The molecule has 0 aromatic rings. The summed E-state index contributed by atoms with van der Waals surface area (Å²) < 4.78 is 0. The third-order valence-corrected chi connectivity index (χ3v) is 1.84. The van der Waals surface area contributed by atoms with E-state index in [-0.39, 0.29) is 5.41 Å². The molecule has 0 unspecified atom stereocenters. The molecule has 0 spiro atoms.